The Morgan fingerprint density at radius 1 is 1.50 bits per heavy atom. The number of benzene rings is 1. The lowest BCUT2D eigenvalue weighted by molar-refractivity contribution is -0.110. The molecule has 108 valence electrons. The molecular formula is C14H17ClFN3O. The van der Waals surface area contributed by atoms with Crippen LogP contribution in [0.4, 0.5) is 10.3 Å². The highest BCUT2D eigenvalue weighted by Gasteiger charge is 2.50. The van der Waals surface area contributed by atoms with Crippen LogP contribution in [0.15, 0.2) is 12.1 Å². The van der Waals surface area contributed by atoms with Crippen molar-refractivity contribution in [3.05, 3.63) is 23.0 Å². The van der Waals surface area contributed by atoms with E-state index in [1.165, 1.54) is 12.1 Å². The zero-order valence-electron chi connectivity index (χ0n) is 11.7. The second-order valence-corrected chi connectivity index (χ2v) is 6.30. The number of fused-ring (bicyclic) bond motifs is 1. The lowest BCUT2D eigenvalue weighted by Gasteiger charge is -2.51. The number of nitrogens with zero attached hydrogens (tertiary/aromatic N) is 2. The molecule has 0 aliphatic heterocycles. The van der Waals surface area contributed by atoms with E-state index in [1.807, 2.05) is 4.57 Å². The molecule has 1 aliphatic carbocycles. The van der Waals surface area contributed by atoms with Gasteiger partial charge < -0.3 is 15.0 Å². The van der Waals surface area contributed by atoms with Gasteiger partial charge in [0.1, 0.15) is 5.82 Å². The van der Waals surface area contributed by atoms with Crippen LogP contribution >= 0.6 is 11.6 Å². The van der Waals surface area contributed by atoms with Gasteiger partial charge in [0.15, 0.2) is 0 Å². The Balaban J connectivity index is 2.13. The molecule has 1 heterocycles. The van der Waals surface area contributed by atoms with Gasteiger partial charge in [-0.2, -0.15) is 0 Å². The van der Waals surface area contributed by atoms with E-state index in [2.05, 4.69) is 18.8 Å². The van der Waals surface area contributed by atoms with Crippen LogP contribution in [-0.4, -0.2) is 22.8 Å². The van der Waals surface area contributed by atoms with Crippen LogP contribution in [0.25, 0.3) is 11.0 Å². The highest BCUT2D eigenvalue weighted by molar-refractivity contribution is 6.31. The van der Waals surface area contributed by atoms with Gasteiger partial charge in [-0.25, -0.2) is 9.37 Å². The molecule has 4 nitrogen and oxygen atoms in total. The van der Waals surface area contributed by atoms with Crippen molar-refractivity contribution in [2.75, 3.05) is 12.8 Å². The lowest BCUT2D eigenvalue weighted by Crippen LogP contribution is -2.51. The Morgan fingerprint density at radius 2 is 2.20 bits per heavy atom. The average molecular weight is 298 g/mol. The third-order valence-corrected chi connectivity index (χ3v) is 4.77. The Bertz CT molecular complexity index is 683. The SMILES string of the molecule is COC1CC(n2c(N)nc3cc(Cl)c(F)cc32)C1(C)C. The van der Waals surface area contributed by atoms with Crippen molar-refractivity contribution in [1.82, 2.24) is 9.55 Å². The Labute approximate surface area is 121 Å². The fraction of sp³-hybridized carbons (Fsp3) is 0.500. The van der Waals surface area contributed by atoms with Crippen LogP contribution in [0.2, 0.25) is 5.02 Å². The summed E-state index contributed by atoms with van der Waals surface area (Å²) in [6.45, 7) is 4.24. The van der Waals surface area contributed by atoms with E-state index in [4.69, 9.17) is 22.1 Å². The van der Waals surface area contributed by atoms with Gasteiger partial charge in [-0.3, -0.25) is 0 Å². The third-order valence-electron chi connectivity index (χ3n) is 4.48. The number of nitrogen functional groups attached to an aromatic ring is 1. The highest BCUT2D eigenvalue weighted by atomic mass is 35.5. The number of aromatic nitrogens is 2. The fourth-order valence-corrected chi connectivity index (χ4v) is 3.30. The van der Waals surface area contributed by atoms with Gasteiger partial charge in [0, 0.05) is 24.6 Å². The van der Waals surface area contributed by atoms with Crippen molar-refractivity contribution < 1.29 is 9.13 Å². The van der Waals surface area contributed by atoms with Gasteiger partial charge in [0.2, 0.25) is 5.95 Å². The molecule has 0 bridgehead atoms. The molecule has 2 N–H and O–H groups in total. The van der Waals surface area contributed by atoms with Crippen molar-refractivity contribution in [2.45, 2.75) is 32.4 Å². The lowest BCUT2D eigenvalue weighted by atomic mass is 9.64. The molecule has 20 heavy (non-hydrogen) atoms. The first-order chi connectivity index (χ1) is 9.36. The van der Waals surface area contributed by atoms with Gasteiger partial charge in [-0.1, -0.05) is 25.4 Å². The number of ether oxygens (including phenoxy) is 1. The summed E-state index contributed by atoms with van der Waals surface area (Å²) in [5, 5.41) is 0.0600. The highest BCUT2D eigenvalue weighted by Crippen LogP contribution is 2.52. The van der Waals surface area contributed by atoms with Gasteiger partial charge in [-0.05, 0) is 12.5 Å². The molecule has 1 aromatic heterocycles. The molecule has 1 fully saturated rings. The van der Waals surface area contributed by atoms with Crippen LogP contribution in [0.1, 0.15) is 26.3 Å². The summed E-state index contributed by atoms with van der Waals surface area (Å²) in [6, 6.07) is 3.05. The van der Waals surface area contributed by atoms with Crippen LogP contribution < -0.4 is 5.73 Å². The van der Waals surface area contributed by atoms with Gasteiger partial charge in [0.05, 0.1) is 22.2 Å². The van der Waals surface area contributed by atoms with Crippen molar-refractivity contribution in [1.29, 1.82) is 0 Å². The summed E-state index contributed by atoms with van der Waals surface area (Å²) < 4.78 is 21.1. The topological polar surface area (TPSA) is 53.1 Å². The molecule has 0 radical (unpaired) electrons. The Hall–Kier alpha value is -1.33. The number of imidazole rings is 1. The van der Waals surface area contributed by atoms with E-state index in [9.17, 15) is 4.39 Å². The first kappa shape index (κ1) is 13.6. The van der Waals surface area contributed by atoms with E-state index in [0.29, 0.717) is 17.0 Å². The molecule has 0 spiro atoms. The monoisotopic (exact) mass is 297 g/mol. The summed E-state index contributed by atoms with van der Waals surface area (Å²) in [5.74, 6) is -0.0740. The molecule has 2 unspecified atom stereocenters. The molecule has 0 amide bonds. The maximum absolute atomic E-state index is 13.7. The van der Waals surface area contributed by atoms with E-state index < -0.39 is 5.82 Å². The average Bonchev–Trinajstić information content (AvgIpc) is 2.66. The summed E-state index contributed by atoms with van der Waals surface area (Å²) in [7, 11) is 1.71. The van der Waals surface area contributed by atoms with Crippen molar-refractivity contribution in [2.24, 2.45) is 5.41 Å². The molecule has 1 aliphatic rings. The van der Waals surface area contributed by atoms with E-state index in [1.54, 1.807) is 7.11 Å². The molecular weight excluding hydrogens is 281 g/mol. The predicted octanol–water partition coefficient (Wildman–Crippen LogP) is 3.40. The first-order valence-corrected chi connectivity index (χ1v) is 6.89. The normalized spacial score (nSPS) is 24.9. The zero-order chi connectivity index (χ0) is 14.7. The molecule has 1 saturated carbocycles. The second kappa shape index (κ2) is 4.33. The smallest absolute Gasteiger partial charge is 0.201 e. The second-order valence-electron chi connectivity index (χ2n) is 5.89. The van der Waals surface area contributed by atoms with Crippen LogP contribution in [0.5, 0.6) is 0 Å². The molecule has 2 atom stereocenters. The van der Waals surface area contributed by atoms with Crippen LogP contribution in [0, 0.1) is 11.2 Å². The Morgan fingerprint density at radius 3 is 2.80 bits per heavy atom. The quantitative estimate of drug-likeness (QED) is 0.924. The standard InChI is InChI=1S/C14H17ClFN3O/c1-14(2)11(6-12(14)20-3)19-10-5-8(16)7(15)4-9(10)18-13(19)17/h4-5,11-12H,6H2,1-3H3,(H2,17,18). The van der Waals surface area contributed by atoms with Gasteiger partial charge >= 0.3 is 0 Å². The molecule has 1 aromatic carbocycles. The van der Waals surface area contributed by atoms with E-state index >= 15 is 0 Å². The van der Waals surface area contributed by atoms with Crippen LogP contribution in [-0.2, 0) is 4.74 Å². The predicted molar refractivity (Wildman–Crippen MR) is 77.3 cm³/mol. The number of methoxy groups -OCH3 is 1. The number of anilines is 1. The largest absolute Gasteiger partial charge is 0.381 e. The van der Waals surface area contributed by atoms with E-state index in [-0.39, 0.29) is 22.6 Å². The van der Waals surface area contributed by atoms with E-state index in [0.717, 1.165) is 6.42 Å². The van der Waals surface area contributed by atoms with Gasteiger partial charge in [0.25, 0.3) is 0 Å². The van der Waals surface area contributed by atoms with Crippen LogP contribution in [0.3, 0.4) is 0 Å². The first-order valence-electron chi connectivity index (χ1n) is 6.51. The summed E-state index contributed by atoms with van der Waals surface area (Å²) in [5.41, 5.74) is 7.23. The Kier molecular flexibility index (Phi) is 2.95. The molecule has 6 heteroatoms. The summed E-state index contributed by atoms with van der Waals surface area (Å²) >= 11 is 5.79. The molecule has 3 rings (SSSR count). The maximum Gasteiger partial charge on any atom is 0.201 e. The number of nitrogens with two attached hydrogens (primary N) is 1. The van der Waals surface area contributed by atoms with Crippen molar-refractivity contribution >= 4 is 28.6 Å². The minimum atomic E-state index is -0.458. The minimum absolute atomic E-state index is 0.0600. The number of rotatable bonds is 2. The zero-order valence-corrected chi connectivity index (χ0v) is 12.4. The third kappa shape index (κ3) is 1.73. The molecule has 0 saturated heterocycles. The van der Waals surface area contributed by atoms with Crippen molar-refractivity contribution in [3.8, 4) is 0 Å². The maximum atomic E-state index is 13.7. The minimum Gasteiger partial charge on any atom is -0.381 e. The summed E-state index contributed by atoms with van der Waals surface area (Å²) in [4.78, 5) is 4.28. The number of hydrogen-bond acceptors (Lipinski definition) is 3. The number of halogens is 2. The summed E-state index contributed by atoms with van der Waals surface area (Å²) in [6.07, 6.45) is 1.00. The molecule has 2 aromatic rings. The fourth-order valence-electron chi connectivity index (χ4n) is 3.14. The van der Waals surface area contributed by atoms with Crippen molar-refractivity contribution in [3.63, 3.8) is 0 Å². The van der Waals surface area contributed by atoms with Gasteiger partial charge in [-0.15, -0.1) is 0 Å². The number of hydrogen-bond donors (Lipinski definition) is 1.